The Balaban J connectivity index is 1.83. The van der Waals surface area contributed by atoms with E-state index >= 15 is 0 Å². The lowest BCUT2D eigenvalue weighted by atomic mass is 9.70. The van der Waals surface area contributed by atoms with Crippen LogP contribution in [0.2, 0.25) is 0 Å². The summed E-state index contributed by atoms with van der Waals surface area (Å²) >= 11 is 1.63. The van der Waals surface area contributed by atoms with E-state index in [1.165, 1.54) is 0 Å². The highest BCUT2D eigenvalue weighted by Gasteiger charge is 2.41. The average molecular weight is 375 g/mol. The molecule has 0 bridgehead atoms. The second-order valence-corrected chi connectivity index (χ2v) is 9.09. The van der Waals surface area contributed by atoms with E-state index in [4.69, 9.17) is 0 Å². The molecule has 2 aliphatic rings. The summed E-state index contributed by atoms with van der Waals surface area (Å²) in [6.45, 7) is 6.19. The van der Waals surface area contributed by atoms with E-state index in [0.717, 1.165) is 39.4 Å². The molecule has 136 valence electrons. The predicted molar refractivity (Wildman–Crippen MR) is 109 cm³/mol. The van der Waals surface area contributed by atoms with E-state index in [9.17, 15) is 10.1 Å². The molecule has 1 aromatic heterocycles. The largest absolute Gasteiger partial charge is 0.361 e. The van der Waals surface area contributed by atoms with Crippen LogP contribution >= 0.6 is 11.3 Å². The predicted octanol–water partition coefficient (Wildman–Crippen LogP) is 5.54. The lowest BCUT2D eigenvalue weighted by Crippen LogP contribution is -2.36. The highest BCUT2D eigenvalue weighted by Crippen LogP contribution is 2.48. The van der Waals surface area contributed by atoms with Gasteiger partial charge in [-0.05, 0) is 41.3 Å². The van der Waals surface area contributed by atoms with Crippen molar-refractivity contribution in [3.05, 3.63) is 69.2 Å². The Morgan fingerprint density at radius 2 is 1.93 bits per heavy atom. The zero-order chi connectivity index (χ0) is 19.2. The smallest absolute Gasteiger partial charge is 0.162 e. The number of thiophene rings is 1. The van der Waals surface area contributed by atoms with E-state index in [0.29, 0.717) is 12.0 Å². The lowest BCUT2D eigenvalue weighted by molar-refractivity contribution is -0.118. The van der Waals surface area contributed by atoms with Crippen LogP contribution < -0.4 is 5.32 Å². The van der Waals surface area contributed by atoms with Crippen LogP contribution in [0, 0.1) is 16.7 Å². The first-order valence-electron chi connectivity index (χ1n) is 9.17. The minimum Gasteiger partial charge on any atom is -0.361 e. The Labute approximate surface area is 164 Å². The Bertz CT molecular complexity index is 1020. The summed E-state index contributed by atoms with van der Waals surface area (Å²) in [4.78, 5) is 14.1. The van der Waals surface area contributed by atoms with Gasteiger partial charge >= 0.3 is 0 Å². The highest BCUT2D eigenvalue weighted by molar-refractivity contribution is 7.10. The number of Topliss-reactive ketones (excluding diaryl/α,β-unsaturated/α-hetero) is 1. The molecular formula is C23H22N2OS. The molecular weight excluding hydrogens is 352 g/mol. The van der Waals surface area contributed by atoms with Crippen LogP contribution in [0.5, 0.6) is 0 Å². The number of dihydropyridines is 1. The second kappa shape index (κ2) is 6.51. The molecule has 27 heavy (non-hydrogen) atoms. The van der Waals surface area contributed by atoms with Crippen LogP contribution in [0.1, 0.15) is 44.4 Å². The monoisotopic (exact) mass is 374 g/mol. The zero-order valence-electron chi connectivity index (χ0n) is 15.8. The number of ketones is 1. The number of hydrogen-bond acceptors (Lipinski definition) is 4. The standard InChI is InChI=1S/C23H22N2OS/c1-14-17(12-24)21(22-18(25-14)10-23(2,3)11-19(22)26)20-9-16(13-27-20)15-7-5-4-6-8-15/h4-9,13,21,25H,10-11H2,1-3H3. The van der Waals surface area contributed by atoms with Crippen LogP contribution in [0.4, 0.5) is 0 Å². The Morgan fingerprint density at radius 1 is 1.19 bits per heavy atom. The zero-order valence-corrected chi connectivity index (χ0v) is 16.6. The molecule has 4 rings (SSSR count). The maximum absolute atomic E-state index is 13.0. The first-order chi connectivity index (χ1) is 12.9. The summed E-state index contributed by atoms with van der Waals surface area (Å²) in [6.07, 6.45) is 1.36. The molecule has 1 N–H and O–H groups in total. The number of benzene rings is 1. The average Bonchev–Trinajstić information content (AvgIpc) is 3.10. The minimum atomic E-state index is -0.252. The van der Waals surface area contributed by atoms with Gasteiger partial charge in [-0.2, -0.15) is 5.26 Å². The SMILES string of the molecule is CC1=C(C#N)C(c2cc(-c3ccccc3)cs2)C2=C(CC(C)(C)CC2=O)N1. The summed E-state index contributed by atoms with van der Waals surface area (Å²) in [5, 5.41) is 15.3. The summed E-state index contributed by atoms with van der Waals surface area (Å²) < 4.78 is 0. The Kier molecular flexibility index (Phi) is 4.28. The van der Waals surface area contributed by atoms with E-state index in [-0.39, 0.29) is 17.1 Å². The summed E-state index contributed by atoms with van der Waals surface area (Å²) in [6, 6.07) is 14.7. The van der Waals surface area contributed by atoms with Gasteiger partial charge < -0.3 is 5.32 Å². The molecule has 2 heterocycles. The third-order valence-electron chi connectivity index (χ3n) is 5.37. The summed E-state index contributed by atoms with van der Waals surface area (Å²) in [7, 11) is 0. The van der Waals surface area contributed by atoms with Crippen molar-refractivity contribution in [2.24, 2.45) is 5.41 Å². The van der Waals surface area contributed by atoms with Crippen LogP contribution in [-0.2, 0) is 4.79 Å². The molecule has 1 aliphatic heterocycles. The molecule has 0 amide bonds. The molecule has 1 atom stereocenters. The molecule has 0 fully saturated rings. The van der Waals surface area contributed by atoms with Crippen molar-refractivity contribution >= 4 is 17.1 Å². The van der Waals surface area contributed by atoms with Crippen LogP contribution in [0.15, 0.2) is 64.3 Å². The molecule has 1 aromatic carbocycles. The van der Waals surface area contributed by atoms with Crippen LogP contribution in [0.25, 0.3) is 11.1 Å². The third-order valence-corrected chi connectivity index (χ3v) is 6.37. The van der Waals surface area contributed by atoms with Gasteiger partial charge in [0, 0.05) is 28.3 Å². The molecule has 2 aromatic rings. The molecule has 0 radical (unpaired) electrons. The van der Waals surface area contributed by atoms with Crippen molar-refractivity contribution in [2.75, 3.05) is 0 Å². The molecule has 0 saturated heterocycles. The molecule has 0 saturated carbocycles. The first kappa shape index (κ1) is 17.8. The maximum atomic E-state index is 13.0. The first-order valence-corrected chi connectivity index (χ1v) is 10.1. The number of carbonyl (C=O) groups is 1. The second-order valence-electron chi connectivity index (χ2n) is 8.15. The molecule has 1 aliphatic carbocycles. The van der Waals surface area contributed by atoms with Crippen LogP contribution in [0.3, 0.4) is 0 Å². The minimum absolute atomic E-state index is 0.0530. The van der Waals surface area contributed by atoms with Gasteiger partial charge in [0.05, 0.1) is 17.6 Å². The number of nitrogens with one attached hydrogen (secondary N) is 1. The molecule has 1 unspecified atom stereocenters. The summed E-state index contributed by atoms with van der Waals surface area (Å²) in [5.41, 5.74) is 5.53. The van der Waals surface area contributed by atoms with Crippen molar-refractivity contribution in [1.29, 1.82) is 5.26 Å². The highest BCUT2D eigenvalue weighted by atomic mass is 32.1. The van der Waals surface area contributed by atoms with Crippen molar-refractivity contribution in [3.63, 3.8) is 0 Å². The van der Waals surface area contributed by atoms with Gasteiger partial charge in [-0.1, -0.05) is 44.2 Å². The summed E-state index contributed by atoms with van der Waals surface area (Å²) in [5.74, 6) is -0.0917. The number of carbonyl (C=O) groups excluding carboxylic acids is 1. The van der Waals surface area contributed by atoms with Gasteiger partial charge in [0.1, 0.15) is 0 Å². The van der Waals surface area contributed by atoms with Crippen molar-refractivity contribution in [3.8, 4) is 17.2 Å². The lowest BCUT2D eigenvalue weighted by Gasteiger charge is -2.38. The van der Waals surface area contributed by atoms with Gasteiger partial charge in [-0.25, -0.2) is 0 Å². The quantitative estimate of drug-likeness (QED) is 0.750. The normalized spacial score (nSPS) is 21.6. The van der Waals surface area contributed by atoms with Gasteiger partial charge in [0.2, 0.25) is 0 Å². The fourth-order valence-electron chi connectivity index (χ4n) is 4.15. The number of allylic oxidation sites excluding steroid dienone is 4. The van der Waals surface area contributed by atoms with E-state index in [2.05, 4.69) is 48.8 Å². The number of nitriles is 1. The molecule has 0 spiro atoms. The van der Waals surface area contributed by atoms with Gasteiger partial charge in [0.15, 0.2) is 5.78 Å². The van der Waals surface area contributed by atoms with E-state index in [1.807, 2.05) is 25.1 Å². The third kappa shape index (κ3) is 3.13. The van der Waals surface area contributed by atoms with Gasteiger partial charge in [-0.15, -0.1) is 11.3 Å². The van der Waals surface area contributed by atoms with Crippen molar-refractivity contribution < 1.29 is 4.79 Å². The maximum Gasteiger partial charge on any atom is 0.162 e. The van der Waals surface area contributed by atoms with Gasteiger partial charge in [-0.3, -0.25) is 4.79 Å². The number of hydrogen-bond donors (Lipinski definition) is 1. The molecule has 4 heteroatoms. The topological polar surface area (TPSA) is 52.9 Å². The van der Waals surface area contributed by atoms with E-state index in [1.54, 1.807) is 11.3 Å². The van der Waals surface area contributed by atoms with E-state index < -0.39 is 0 Å². The van der Waals surface area contributed by atoms with Gasteiger partial charge in [0.25, 0.3) is 0 Å². The van der Waals surface area contributed by atoms with Crippen molar-refractivity contribution in [2.45, 2.75) is 39.5 Å². The molecule has 3 nitrogen and oxygen atoms in total. The number of nitrogens with zero attached hydrogens (tertiary/aromatic N) is 1. The fourth-order valence-corrected chi connectivity index (χ4v) is 5.19. The Hall–Kier alpha value is -2.64. The Morgan fingerprint density at radius 3 is 2.63 bits per heavy atom. The fraction of sp³-hybridized carbons (Fsp3) is 0.304. The number of rotatable bonds is 2. The van der Waals surface area contributed by atoms with Crippen molar-refractivity contribution in [1.82, 2.24) is 5.32 Å². The van der Waals surface area contributed by atoms with Crippen LogP contribution in [-0.4, -0.2) is 5.78 Å².